The lowest BCUT2D eigenvalue weighted by Gasteiger charge is -2.08. The van der Waals surface area contributed by atoms with Gasteiger partial charge in [-0.3, -0.25) is 0 Å². The van der Waals surface area contributed by atoms with Crippen LogP contribution in [0.15, 0.2) is 36.4 Å². The van der Waals surface area contributed by atoms with Gasteiger partial charge in [-0.15, -0.1) is 0 Å². The summed E-state index contributed by atoms with van der Waals surface area (Å²) in [6.07, 6.45) is 0. The van der Waals surface area contributed by atoms with Gasteiger partial charge in [0, 0.05) is 13.7 Å². The quantitative estimate of drug-likeness (QED) is 0.857. The molecule has 2 rings (SSSR count). The Morgan fingerprint density at radius 2 is 2.10 bits per heavy atom. The molecule has 2 aromatic rings. The monoisotopic (exact) mass is 287 g/mol. The molecule has 4 nitrogen and oxygen atoms in total. The van der Waals surface area contributed by atoms with Crippen LogP contribution >= 0.6 is 11.6 Å². The number of ether oxygens (including phenoxy) is 1. The fourth-order valence-electron chi connectivity index (χ4n) is 1.84. The number of rotatable bonds is 5. The van der Waals surface area contributed by atoms with Crippen molar-refractivity contribution in [2.45, 2.75) is 13.2 Å². The van der Waals surface area contributed by atoms with E-state index in [4.69, 9.17) is 21.6 Å². The first-order valence-electron chi connectivity index (χ1n) is 6.09. The van der Waals surface area contributed by atoms with Gasteiger partial charge in [0.2, 0.25) is 0 Å². The summed E-state index contributed by atoms with van der Waals surface area (Å²) in [6, 6.07) is 13.3. The molecule has 20 heavy (non-hydrogen) atoms. The van der Waals surface area contributed by atoms with E-state index >= 15 is 0 Å². The smallest absolute Gasteiger partial charge is 0.132 e. The van der Waals surface area contributed by atoms with Crippen LogP contribution in [0.25, 0.3) is 0 Å². The molecule has 5 heteroatoms. The topological polar surface area (TPSA) is 57.9 Å². The highest BCUT2D eigenvalue weighted by molar-refractivity contribution is 6.29. The molecular weight excluding hydrogens is 274 g/mol. The molecule has 0 aliphatic heterocycles. The second-order valence-electron chi connectivity index (χ2n) is 4.28. The van der Waals surface area contributed by atoms with E-state index < -0.39 is 0 Å². The highest BCUT2D eigenvalue weighted by Gasteiger charge is 2.01. The molecule has 0 fully saturated rings. The van der Waals surface area contributed by atoms with Gasteiger partial charge in [-0.05, 0) is 23.3 Å². The molecule has 0 spiro atoms. The number of benzene rings is 1. The van der Waals surface area contributed by atoms with Gasteiger partial charge in [-0.1, -0.05) is 35.9 Å². The Morgan fingerprint density at radius 1 is 1.30 bits per heavy atom. The standard InChI is InChI=1S/C15H14ClN3O/c1-20-10-12-4-2-3-11(5-12)9-18-15-7-13(8-17)6-14(16)19-15/h2-7H,9-10H2,1H3,(H,18,19). The fourth-order valence-corrected chi connectivity index (χ4v) is 2.05. The van der Waals surface area contributed by atoms with Crippen LogP contribution in [0.2, 0.25) is 5.15 Å². The van der Waals surface area contributed by atoms with Crippen molar-refractivity contribution in [2.24, 2.45) is 0 Å². The Morgan fingerprint density at radius 3 is 2.85 bits per heavy atom. The number of hydrogen-bond acceptors (Lipinski definition) is 4. The lowest BCUT2D eigenvalue weighted by molar-refractivity contribution is 0.185. The van der Waals surface area contributed by atoms with E-state index in [0.29, 0.717) is 29.7 Å². The molecule has 102 valence electrons. The number of pyridine rings is 1. The van der Waals surface area contributed by atoms with Gasteiger partial charge in [0.05, 0.1) is 18.2 Å². The maximum absolute atomic E-state index is 8.89. The number of anilines is 1. The van der Waals surface area contributed by atoms with Crippen LogP contribution in [0.3, 0.4) is 0 Å². The molecule has 0 atom stereocenters. The Hall–Kier alpha value is -2.09. The molecule has 0 aliphatic rings. The average molecular weight is 288 g/mol. The SMILES string of the molecule is COCc1cccc(CNc2cc(C#N)cc(Cl)n2)c1. The molecular formula is C15H14ClN3O. The zero-order valence-electron chi connectivity index (χ0n) is 11.1. The van der Waals surface area contributed by atoms with Crippen LogP contribution in [-0.2, 0) is 17.9 Å². The average Bonchev–Trinajstić information content (AvgIpc) is 2.45. The number of methoxy groups -OCH3 is 1. The summed E-state index contributed by atoms with van der Waals surface area (Å²) < 4.78 is 5.11. The van der Waals surface area contributed by atoms with Gasteiger partial charge in [-0.25, -0.2) is 4.98 Å². The molecule has 1 heterocycles. The highest BCUT2D eigenvalue weighted by Crippen LogP contribution is 2.15. The van der Waals surface area contributed by atoms with Crippen molar-refractivity contribution in [1.29, 1.82) is 5.26 Å². The first kappa shape index (κ1) is 14.3. The minimum absolute atomic E-state index is 0.305. The minimum Gasteiger partial charge on any atom is -0.380 e. The van der Waals surface area contributed by atoms with Crippen LogP contribution in [-0.4, -0.2) is 12.1 Å². The largest absolute Gasteiger partial charge is 0.380 e. The van der Waals surface area contributed by atoms with Crippen molar-refractivity contribution in [3.05, 3.63) is 58.2 Å². The number of nitrogens with one attached hydrogen (secondary N) is 1. The van der Waals surface area contributed by atoms with Gasteiger partial charge in [0.15, 0.2) is 0 Å². The van der Waals surface area contributed by atoms with Gasteiger partial charge in [0.25, 0.3) is 0 Å². The molecule has 1 aromatic carbocycles. The Labute approximate surface area is 123 Å². The van der Waals surface area contributed by atoms with Gasteiger partial charge in [-0.2, -0.15) is 5.26 Å². The predicted octanol–water partition coefficient (Wildman–Crippen LogP) is 3.37. The predicted molar refractivity (Wildman–Crippen MR) is 78.4 cm³/mol. The van der Waals surface area contributed by atoms with Crippen molar-refractivity contribution in [1.82, 2.24) is 4.98 Å². The Bertz CT molecular complexity index is 637. The van der Waals surface area contributed by atoms with Gasteiger partial charge >= 0.3 is 0 Å². The molecule has 0 saturated carbocycles. The summed E-state index contributed by atoms with van der Waals surface area (Å²) in [6.45, 7) is 1.19. The Balaban J connectivity index is 2.07. The zero-order valence-corrected chi connectivity index (χ0v) is 11.8. The van der Waals surface area contributed by atoms with E-state index in [1.165, 1.54) is 6.07 Å². The molecule has 0 aliphatic carbocycles. The third-order valence-corrected chi connectivity index (χ3v) is 2.89. The molecule has 0 bridgehead atoms. The van der Waals surface area contributed by atoms with Gasteiger partial charge in [0.1, 0.15) is 11.0 Å². The lowest BCUT2D eigenvalue weighted by atomic mass is 10.1. The lowest BCUT2D eigenvalue weighted by Crippen LogP contribution is -2.02. The molecule has 0 radical (unpaired) electrons. The van der Waals surface area contributed by atoms with E-state index in [-0.39, 0.29) is 0 Å². The molecule has 0 saturated heterocycles. The van der Waals surface area contributed by atoms with E-state index in [1.54, 1.807) is 13.2 Å². The summed E-state index contributed by atoms with van der Waals surface area (Å²) in [5, 5.41) is 12.4. The number of nitrogens with zero attached hydrogens (tertiary/aromatic N) is 2. The van der Waals surface area contributed by atoms with Crippen molar-refractivity contribution in [3.63, 3.8) is 0 Å². The first-order valence-corrected chi connectivity index (χ1v) is 6.47. The molecule has 1 aromatic heterocycles. The Kier molecular flexibility index (Phi) is 4.94. The zero-order chi connectivity index (χ0) is 14.4. The first-order chi connectivity index (χ1) is 9.71. The number of nitriles is 1. The van der Waals surface area contributed by atoms with Crippen molar-refractivity contribution in [2.75, 3.05) is 12.4 Å². The van der Waals surface area contributed by atoms with Crippen molar-refractivity contribution < 1.29 is 4.74 Å². The van der Waals surface area contributed by atoms with Crippen LogP contribution in [0, 0.1) is 11.3 Å². The normalized spacial score (nSPS) is 10.1. The number of halogens is 1. The van der Waals surface area contributed by atoms with Crippen molar-refractivity contribution in [3.8, 4) is 6.07 Å². The minimum atomic E-state index is 0.305. The number of hydrogen-bond donors (Lipinski definition) is 1. The van der Waals surface area contributed by atoms with Gasteiger partial charge < -0.3 is 10.1 Å². The fraction of sp³-hybridized carbons (Fsp3) is 0.200. The highest BCUT2D eigenvalue weighted by atomic mass is 35.5. The van der Waals surface area contributed by atoms with E-state index in [1.807, 2.05) is 18.2 Å². The summed E-state index contributed by atoms with van der Waals surface area (Å²) in [4.78, 5) is 4.13. The van der Waals surface area contributed by atoms with Crippen LogP contribution in [0.4, 0.5) is 5.82 Å². The third kappa shape index (κ3) is 3.95. The third-order valence-electron chi connectivity index (χ3n) is 2.70. The van der Waals surface area contributed by atoms with Crippen LogP contribution in [0.1, 0.15) is 16.7 Å². The number of aromatic nitrogens is 1. The maximum atomic E-state index is 8.89. The molecule has 0 amide bonds. The maximum Gasteiger partial charge on any atom is 0.132 e. The second-order valence-corrected chi connectivity index (χ2v) is 4.67. The second kappa shape index (κ2) is 6.90. The van der Waals surface area contributed by atoms with E-state index in [9.17, 15) is 0 Å². The van der Waals surface area contributed by atoms with Crippen molar-refractivity contribution >= 4 is 17.4 Å². The van der Waals surface area contributed by atoms with E-state index in [0.717, 1.165) is 11.1 Å². The molecule has 1 N–H and O–H groups in total. The van der Waals surface area contributed by atoms with Crippen LogP contribution < -0.4 is 5.32 Å². The summed E-state index contributed by atoms with van der Waals surface area (Å²) in [5.41, 5.74) is 2.71. The summed E-state index contributed by atoms with van der Waals surface area (Å²) in [7, 11) is 1.67. The summed E-state index contributed by atoms with van der Waals surface area (Å²) in [5.74, 6) is 0.589. The summed E-state index contributed by atoms with van der Waals surface area (Å²) >= 11 is 5.86. The van der Waals surface area contributed by atoms with Crippen LogP contribution in [0.5, 0.6) is 0 Å². The van der Waals surface area contributed by atoms with E-state index in [2.05, 4.69) is 22.4 Å². The molecule has 0 unspecified atom stereocenters.